The van der Waals surface area contributed by atoms with Crippen molar-refractivity contribution in [3.05, 3.63) is 71.5 Å². The van der Waals surface area contributed by atoms with Gasteiger partial charge in [0.25, 0.3) is 0 Å². The van der Waals surface area contributed by atoms with Gasteiger partial charge in [-0.2, -0.15) is 0 Å². The Kier molecular flexibility index (Phi) is 8.55. The van der Waals surface area contributed by atoms with Gasteiger partial charge in [0.05, 0.1) is 13.2 Å². The zero-order valence-corrected chi connectivity index (χ0v) is 17.9. The molecule has 0 aliphatic carbocycles. The summed E-state index contributed by atoms with van der Waals surface area (Å²) in [5, 5.41) is 3.01. The van der Waals surface area contributed by atoms with Gasteiger partial charge in [-0.05, 0) is 23.3 Å². The number of carbonyl (C=O) groups is 2. The molecule has 1 N–H and O–H groups in total. The quantitative estimate of drug-likeness (QED) is 0.669. The molecule has 0 radical (unpaired) electrons. The van der Waals surface area contributed by atoms with Crippen LogP contribution in [-0.2, 0) is 20.9 Å². The molecule has 31 heavy (non-hydrogen) atoms. The third-order valence-electron chi connectivity index (χ3n) is 5.40. The summed E-state index contributed by atoms with van der Waals surface area (Å²) >= 11 is 0. The summed E-state index contributed by atoms with van der Waals surface area (Å²) in [4.78, 5) is 30.0. The highest BCUT2D eigenvalue weighted by Crippen LogP contribution is 2.24. The molecular weight excluding hydrogens is 397 g/mol. The Bertz CT molecular complexity index is 839. The molecule has 166 valence electrons. The van der Waals surface area contributed by atoms with Crippen molar-refractivity contribution in [1.29, 1.82) is 0 Å². The van der Waals surface area contributed by atoms with Crippen LogP contribution in [0, 0.1) is 5.82 Å². The lowest BCUT2D eigenvalue weighted by Crippen LogP contribution is -2.46. The molecule has 0 aromatic heterocycles. The molecule has 3 rings (SSSR count). The molecule has 2 amide bonds. The van der Waals surface area contributed by atoms with E-state index in [4.69, 9.17) is 4.74 Å². The maximum atomic E-state index is 13.3. The lowest BCUT2D eigenvalue weighted by molar-refractivity contribution is -0.141. The number of nitrogens with zero attached hydrogens (tertiary/aromatic N) is 2. The van der Waals surface area contributed by atoms with E-state index in [-0.39, 0.29) is 30.6 Å². The van der Waals surface area contributed by atoms with E-state index in [1.807, 2.05) is 30.3 Å². The molecule has 2 aromatic rings. The number of ether oxygens (including phenoxy) is 1. The Morgan fingerprint density at radius 3 is 2.42 bits per heavy atom. The van der Waals surface area contributed by atoms with Crippen LogP contribution in [0.3, 0.4) is 0 Å². The second kappa shape index (κ2) is 11.6. The molecule has 7 heteroatoms. The van der Waals surface area contributed by atoms with Crippen LogP contribution in [-0.4, -0.2) is 61.0 Å². The highest BCUT2D eigenvalue weighted by molar-refractivity contribution is 5.88. The van der Waals surface area contributed by atoms with Gasteiger partial charge in [-0.1, -0.05) is 49.4 Å². The smallest absolute Gasteiger partial charge is 0.247 e. The first-order chi connectivity index (χ1) is 15.1. The number of hydrogen-bond donors (Lipinski definition) is 1. The van der Waals surface area contributed by atoms with Crippen LogP contribution in [0.25, 0.3) is 0 Å². The Hall–Kier alpha value is -2.77. The van der Waals surface area contributed by atoms with E-state index in [0.29, 0.717) is 19.8 Å². The SMILES string of the molecule is CCC(=O)N(Cc1ccc(F)cc1)[C@@H](C(=O)NCCN1CCOCC1)c1ccccc1. The van der Waals surface area contributed by atoms with E-state index in [0.717, 1.165) is 30.8 Å². The predicted octanol–water partition coefficient (Wildman–Crippen LogP) is 2.75. The Balaban J connectivity index is 1.78. The van der Waals surface area contributed by atoms with Crippen molar-refractivity contribution >= 4 is 11.8 Å². The monoisotopic (exact) mass is 427 g/mol. The van der Waals surface area contributed by atoms with Crippen molar-refractivity contribution < 1.29 is 18.7 Å². The molecule has 0 bridgehead atoms. The minimum absolute atomic E-state index is 0.137. The fraction of sp³-hybridized carbons (Fsp3) is 0.417. The van der Waals surface area contributed by atoms with E-state index >= 15 is 0 Å². The van der Waals surface area contributed by atoms with E-state index in [9.17, 15) is 14.0 Å². The Labute approximate surface area is 183 Å². The highest BCUT2D eigenvalue weighted by atomic mass is 19.1. The molecule has 2 aromatic carbocycles. The second-order valence-electron chi connectivity index (χ2n) is 7.56. The van der Waals surface area contributed by atoms with E-state index in [1.54, 1.807) is 24.0 Å². The average Bonchev–Trinajstić information content (AvgIpc) is 2.81. The van der Waals surface area contributed by atoms with Gasteiger partial charge in [-0.25, -0.2) is 4.39 Å². The third kappa shape index (κ3) is 6.60. The molecule has 1 aliphatic heterocycles. The standard InChI is InChI=1S/C24H30FN3O3/c1-2-22(29)28(18-19-8-10-21(25)11-9-19)23(20-6-4-3-5-7-20)24(30)26-12-13-27-14-16-31-17-15-27/h3-11,23H,2,12-18H2,1H3,(H,26,30)/t23-/m1/s1. The molecule has 0 saturated carbocycles. The number of amides is 2. The second-order valence-corrected chi connectivity index (χ2v) is 7.56. The number of nitrogens with one attached hydrogen (secondary N) is 1. The van der Waals surface area contributed by atoms with Gasteiger partial charge in [0.1, 0.15) is 11.9 Å². The summed E-state index contributed by atoms with van der Waals surface area (Å²) in [6, 6.07) is 14.6. The first-order valence-corrected chi connectivity index (χ1v) is 10.7. The molecular formula is C24H30FN3O3. The van der Waals surface area contributed by atoms with Gasteiger partial charge in [0, 0.05) is 39.1 Å². The van der Waals surface area contributed by atoms with Crippen LogP contribution in [0.4, 0.5) is 4.39 Å². The zero-order chi connectivity index (χ0) is 22.1. The van der Waals surface area contributed by atoms with Crippen molar-refractivity contribution in [3.63, 3.8) is 0 Å². The van der Waals surface area contributed by atoms with Crippen molar-refractivity contribution in [2.45, 2.75) is 25.9 Å². The molecule has 1 heterocycles. The van der Waals surface area contributed by atoms with E-state index in [2.05, 4.69) is 10.2 Å². The van der Waals surface area contributed by atoms with E-state index in [1.165, 1.54) is 12.1 Å². The maximum Gasteiger partial charge on any atom is 0.247 e. The van der Waals surface area contributed by atoms with Crippen LogP contribution in [0.5, 0.6) is 0 Å². The molecule has 6 nitrogen and oxygen atoms in total. The van der Waals surface area contributed by atoms with Gasteiger partial charge >= 0.3 is 0 Å². The number of halogens is 1. The van der Waals surface area contributed by atoms with Crippen LogP contribution in [0.15, 0.2) is 54.6 Å². The third-order valence-corrected chi connectivity index (χ3v) is 5.40. The molecule has 0 spiro atoms. The minimum Gasteiger partial charge on any atom is -0.379 e. The van der Waals surface area contributed by atoms with E-state index < -0.39 is 6.04 Å². The largest absolute Gasteiger partial charge is 0.379 e. The normalized spacial score (nSPS) is 15.3. The first-order valence-electron chi connectivity index (χ1n) is 10.7. The maximum absolute atomic E-state index is 13.3. The number of rotatable bonds is 9. The van der Waals surface area contributed by atoms with Crippen molar-refractivity contribution in [2.24, 2.45) is 0 Å². The highest BCUT2D eigenvalue weighted by Gasteiger charge is 2.30. The summed E-state index contributed by atoms with van der Waals surface area (Å²) in [5.74, 6) is -0.692. The molecule has 1 fully saturated rings. The molecule has 1 aliphatic rings. The summed E-state index contributed by atoms with van der Waals surface area (Å²) in [5.41, 5.74) is 1.51. The Morgan fingerprint density at radius 2 is 1.77 bits per heavy atom. The van der Waals surface area contributed by atoms with Crippen molar-refractivity contribution in [2.75, 3.05) is 39.4 Å². The summed E-state index contributed by atoms with van der Waals surface area (Å²) < 4.78 is 18.7. The van der Waals surface area contributed by atoms with Gasteiger partial charge in [0.2, 0.25) is 11.8 Å². The zero-order valence-electron chi connectivity index (χ0n) is 17.9. The fourth-order valence-corrected chi connectivity index (χ4v) is 3.68. The number of morpholine rings is 1. The first kappa shape index (κ1) is 22.9. The van der Waals surface area contributed by atoms with Gasteiger partial charge < -0.3 is 15.0 Å². The summed E-state index contributed by atoms with van der Waals surface area (Å²) in [6.45, 7) is 6.34. The lowest BCUT2D eigenvalue weighted by atomic mass is 10.0. The number of hydrogen-bond acceptors (Lipinski definition) is 4. The summed E-state index contributed by atoms with van der Waals surface area (Å²) in [6.07, 6.45) is 0.269. The molecule has 0 unspecified atom stereocenters. The predicted molar refractivity (Wildman–Crippen MR) is 117 cm³/mol. The van der Waals surface area contributed by atoms with Crippen molar-refractivity contribution in [1.82, 2.24) is 15.1 Å². The lowest BCUT2D eigenvalue weighted by Gasteiger charge is -2.32. The van der Waals surface area contributed by atoms with Gasteiger partial charge in [-0.3, -0.25) is 14.5 Å². The van der Waals surface area contributed by atoms with Crippen LogP contribution in [0.2, 0.25) is 0 Å². The van der Waals surface area contributed by atoms with Crippen LogP contribution >= 0.6 is 0 Å². The molecule has 1 atom stereocenters. The number of carbonyl (C=O) groups excluding carboxylic acids is 2. The minimum atomic E-state index is -0.761. The van der Waals surface area contributed by atoms with Crippen molar-refractivity contribution in [3.8, 4) is 0 Å². The van der Waals surface area contributed by atoms with Gasteiger partial charge in [-0.15, -0.1) is 0 Å². The number of benzene rings is 2. The molecule has 1 saturated heterocycles. The average molecular weight is 428 g/mol. The van der Waals surface area contributed by atoms with Gasteiger partial charge in [0.15, 0.2) is 0 Å². The fourth-order valence-electron chi connectivity index (χ4n) is 3.68. The Morgan fingerprint density at radius 1 is 1.10 bits per heavy atom. The van der Waals surface area contributed by atoms with Crippen LogP contribution in [0.1, 0.15) is 30.5 Å². The summed E-state index contributed by atoms with van der Waals surface area (Å²) in [7, 11) is 0. The van der Waals surface area contributed by atoms with Crippen LogP contribution < -0.4 is 5.32 Å². The topological polar surface area (TPSA) is 61.9 Å².